The van der Waals surface area contributed by atoms with Gasteiger partial charge in [0.15, 0.2) is 0 Å². The summed E-state index contributed by atoms with van der Waals surface area (Å²) in [6.45, 7) is 6.01. The summed E-state index contributed by atoms with van der Waals surface area (Å²) in [5.41, 5.74) is 9.68. The van der Waals surface area contributed by atoms with Crippen LogP contribution in [0.1, 0.15) is 28.4 Å². The molecule has 4 nitrogen and oxygen atoms in total. The molecule has 0 atom stereocenters. The molecule has 100 valence electrons. The average molecular weight is 323 g/mol. The summed E-state index contributed by atoms with van der Waals surface area (Å²) in [5.74, 6) is -0.439. The van der Waals surface area contributed by atoms with Crippen LogP contribution < -0.4 is 5.73 Å². The summed E-state index contributed by atoms with van der Waals surface area (Å²) in [6, 6.07) is 1.94. The molecule has 0 aliphatic rings. The first-order chi connectivity index (χ1) is 8.97. The molecule has 0 aliphatic heterocycles. The molecule has 0 amide bonds. The molecule has 0 fully saturated rings. The molecule has 1 aromatic carbocycles. The van der Waals surface area contributed by atoms with Gasteiger partial charge in [0.2, 0.25) is 0 Å². The van der Waals surface area contributed by atoms with E-state index in [0.717, 1.165) is 26.5 Å². The fourth-order valence-corrected chi connectivity index (χ4v) is 2.40. The number of esters is 1. The molecule has 0 bridgehead atoms. The molecule has 19 heavy (non-hydrogen) atoms. The van der Waals surface area contributed by atoms with Crippen LogP contribution in [0, 0.1) is 13.8 Å². The van der Waals surface area contributed by atoms with Crippen LogP contribution in [0.3, 0.4) is 0 Å². The van der Waals surface area contributed by atoms with Gasteiger partial charge < -0.3 is 10.5 Å². The van der Waals surface area contributed by atoms with Crippen molar-refractivity contribution in [3.63, 3.8) is 0 Å². The van der Waals surface area contributed by atoms with Crippen LogP contribution in [0.2, 0.25) is 0 Å². The van der Waals surface area contributed by atoms with Gasteiger partial charge in [-0.1, -0.05) is 15.9 Å². The predicted molar refractivity (Wildman–Crippen MR) is 79.3 cm³/mol. The largest absolute Gasteiger partial charge is 0.462 e. The smallest absolute Gasteiger partial charge is 0.341 e. The second-order valence-electron chi connectivity index (χ2n) is 4.33. The minimum atomic E-state index is -0.439. The van der Waals surface area contributed by atoms with Crippen LogP contribution in [0.15, 0.2) is 16.7 Å². The lowest BCUT2D eigenvalue weighted by atomic mass is 10.0. The maximum Gasteiger partial charge on any atom is 0.341 e. The third kappa shape index (κ3) is 2.30. The Labute approximate surface area is 120 Å². The third-order valence-electron chi connectivity index (χ3n) is 3.05. The van der Waals surface area contributed by atoms with E-state index < -0.39 is 5.97 Å². The van der Waals surface area contributed by atoms with Gasteiger partial charge in [-0.25, -0.2) is 4.79 Å². The highest BCUT2D eigenvalue weighted by Crippen LogP contribution is 2.33. The Balaban J connectivity index is 2.74. The van der Waals surface area contributed by atoms with Crippen molar-refractivity contribution in [2.24, 2.45) is 0 Å². The molecule has 0 unspecified atom stereocenters. The van der Waals surface area contributed by atoms with E-state index in [2.05, 4.69) is 20.9 Å². The number of carbonyl (C=O) groups is 1. The van der Waals surface area contributed by atoms with Crippen molar-refractivity contribution >= 4 is 38.5 Å². The minimum absolute atomic E-state index is 0.312. The van der Waals surface area contributed by atoms with Crippen LogP contribution in [0.4, 0.5) is 5.69 Å². The van der Waals surface area contributed by atoms with E-state index in [1.54, 1.807) is 6.92 Å². The van der Waals surface area contributed by atoms with E-state index in [9.17, 15) is 4.79 Å². The highest BCUT2D eigenvalue weighted by molar-refractivity contribution is 9.10. The van der Waals surface area contributed by atoms with E-state index in [0.29, 0.717) is 17.9 Å². The number of aryl methyl sites for hydroxylation is 2. The number of nitrogens with zero attached hydrogens (tertiary/aromatic N) is 1. The molecule has 2 N–H and O–H groups in total. The monoisotopic (exact) mass is 322 g/mol. The summed E-state index contributed by atoms with van der Waals surface area (Å²) in [6.07, 6.45) is 1.47. The zero-order valence-electron chi connectivity index (χ0n) is 11.1. The maximum atomic E-state index is 11.8. The Morgan fingerprint density at radius 2 is 2.16 bits per heavy atom. The van der Waals surface area contributed by atoms with Crippen molar-refractivity contribution < 1.29 is 9.53 Å². The van der Waals surface area contributed by atoms with Gasteiger partial charge in [-0.3, -0.25) is 4.98 Å². The van der Waals surface area contributed by atoms with Gasteiger partial charge in [0.05, 0.1) is 17.8 Å². The Kier molecular flexibility index (Phi) is 3.75. The number of hydrogen-bond acceptors (Lipinski definition) is 4. The Morgan fingerprint density at radius 3 is 2.79 bits per heavy atom. The van der Waals surface area contributed by atoms with E-state index in [4.69, 9.17) is 10.5 Å². The lowest BCUT2D eigenvalue weighted by molar-refractivity contribution is 0.0527. The number of ether oxygens (including phenoxy) is 1. The first-order valence-electron chi connectivity index (χ1n) is 5.98. The van der Waals surface area contributed by atoms with Gasteiger partial charge >= 0.3 is 5.97 Å². The molecule has 2 rings (SSSR count). The van der Waals surface area contributed by atoms with Gasteiger partial charge in [0, 0.05) is 16.1 Å². The fourth-order valence-electron chi connectivity index (χ4n) is 2.09. The van der Waals surface area contributed by atoms with Crippen LogP contribution in [0.5, 0.6) is 0 Å². The molecule has 0 aliphatic carbocycles. The molecule has 1 aromatic heterocycles. The summed E-state index contributed by atoms with van der Waals surface area (Å²) in [4.78, 5) is 16.1. The number of nitrogen functional groups attached to an aromatic ring is 1. The Morgan fingerprint density at radius 1 is 1.47 bits per heavy atom. The number of aromatic nitrogens is 1. The summed E-state index contributed by atoms with van der Waals surface area (Å²) < 4.78 is 5.96. The van der Waals surface area contributed by atoms with Crippen molar-refractivity contribution in [1.82, 2.24) is 4.98 Å². The number of benzene rings is 1. The molecule has 0 saturated heterocycles. The highest BCUT2D eigenvalue weighted by Gasteiger charge is 2.17. The zero-order chi connectivity index (χ0) is 14.2. The summed E-state index contributed by atoms with van der Waals surface area (Å²) >= 11 is 3.53. The number of nitrogens with two attached hydrogens (primary N) is 1. The van der Waals surface area contributed by atoms with E-state index >= 15 is 0 Å². The molecule has 5 heteroatoms. The molecule has 1 heterocycles. The molecule has 0 radical (unpaired) electrons. The van der Waals surface area contributed by atoms with Gasteiger partial charge in [-0.15, -0.1) is 0 Å². The van der Waals surface area contributed by atoms with Crippen LogP contribution in [0.25, 0.3) is 10.9 Å². The standard InChI is InChI=1S/C14H15BrN2O2/c1-4-19-14(18)9-6-17-10-5-7(2)12(15)8(3)11(10)13(9)16/h5-6H,4H2,1-3H3,(H2,16,17). The maximum absolute atomic E-state index is 11.8. The van der Waals surface area contributed by atoms with Gasteiger partial charge in [0.1, 0.15) is 5.56 Å². The van der Waals surface area contributed by atoms with Crippen LogP contribution in [-0.4, -0.2) is 17.6 Å². The van der Waals surface area contributed by atoms with Crippen molar-refractivity contribution in [1.29, 1.82) is 0 Å². The number of hydrogen-bond donors (Lipinski definition) is 1. The van der Waals surface area contributed by atoms with Crippen molar-refractivity contribution in [2.45, 2.75) is 20.8 Å². The fraction of sp³-hybridized carbons (Fsp3) is 0.286. The molecular formula is C14H15BrN2O2. The van der Waals surface area contributed by atoms with Gasteiger partial charge in [-0.05, 0) is 38.0 Å². The van der Waals surface area contributed by atoms with Gasteiger partial charge in [-0.2, -0.15) is 0 Å². The molecule has 0 spiro atoms. The quantitative estimate of drug-likeness (QED) is 0.861. The normalized spacial score (nSPS) is 10.7. The predicted octanol–water partition coefficient (Wildman–Crippen LogP) is 3.37. The number of anilines is 1. The zero-order valence-corrected chi connectivity index (χ0v) is 12.7. The third-order valence-corrected chi connectivity index (χ3v) is 4.27. The Hall–Kier alpha value is -1.62. The highest BCUT2D eigenvalue weighted by atomic mass is 79.9. The van der Waals surface area contributed by atoms with Crippen LogP contribution in [-0.2, 0) is 4.74 Å². The first kappa shape index (κ1) is 13.8. The lowest BCUT2D eigenvalue weighted by Crippen LogP contribution is -2.09. The van der Waals surface area contributed by atoms with Crippen molar-refractivity contribution in [3.8, 4) is 0 Å². The van der Waals surface area contributed by atoms with Crippen molar-refractivity contribution in [3.05, 3.63) is 33.4 Å². The number of rotatable bonds is 2. The van der Waals surface area contributed by atoms with E-state index in [-0.39, 0.29) is 0 Å². The van der Waals surface area contributed by atoms with Gasteiger partial charge in [0.25, 0.3) is 0 Å². The molecule has 2 aromatic rings. The number of pyridine rings is 1. The molecular weight excluding hydrogens is 308 g/mol. The molecule has 0 saturated carbocycles. The number of carbonyl (C=O) groups excluding carboxylic acids is 1. The number of halogens is 1. The SMILES string of the molecule is CCOC(=O)c1cnc2cc(C)c(Br)c(C)c2c1N. The van der Waals surface area contributed by atoms with E-state index in [1.807, 2.05) is 19.9 Å². The minimum Gasteiger partial charge on any atom is -0.462 e. The second kappa shape index (κ2) is 5.17. The topological polar surface area (TPSA) is 65.2 Å². The van der Waals surface area contributed by atoms with E-state index in [1.165, 1.54) is 6.20 Å². The van der Waals surface area contributed by atoms with Crippen LogP contribution >= 0.6 is 15.9 Å². The first-order valence-corrected chi connectivity index (χ1v) is 6.77. The number of fused-ring (bicyclic) bond motifs is 1. The Bertz CT molecular complexity index is 668. The lowest BCUT2D eigenvalue weighted by Gasteiger charge is -2.12. The van der Waals surface area contributed by atoms with Crippen molar-refractivity contribution in [2.75, 3.05) is 12.3 Å². The second-order valence-corrected chi connectivity index (χ2v) is 5.13. The summed E-state index contributed by atoms with van der Waals surface area (Å²) in [5, 5.41) is 0.794. The average Bonchev–Trinajstić information content (AvgIpc) is 2.36. The summed E-state index contributed by atoms with van der Waals surface area (Å²) in [7, 11) is 0.